The number of nitrogens with zero attached hydrogens (tertiary/aromatic N) is 7. The molecule has 2 saturated heterocycles. The SMILES string of the molecule is CCC1CC(N(Cc2cc(C(F)(F)F)cc(C(F)(F)F)c2)c2ncc(Br)cn2)CCN1C(=O)OC(C)(C)C.CCC1CC(NCc2cc(C(F)(F)F)cc(C(F)(F)F)c2)CCN1C(=O)OC(C)(C)C.Clc1ncc(Br)cn1. The number of piperidine rings is 2. The normalized spacial score (nSPS) is 18.6. The molecule has 0 saturated carbocycles. The number of likely N-dealkylation sites (tertiary alicyclic amines) is 2. The summed E-state index contributed by atoms with van der Waals surface area (Å²) in [7, 11) is 0. The van der Waals surface area contributed by atoms with Crippen molar-refractivity contribution in [3.8, 4) is 0 Å². The van der Waals surface area contributed by atoms with Gasteiger partial charge in [0.25, 0.3) is 0 Å². The summed E-state index contributed by atoms with van der Waals surface area (Å²) in [5, 5.41) is 3.33. The molecule has 6 rings (SSSR count). The lowest BCUT2D eigenvalue weighted by molar-refractivity contribution is -0.144. The van der Waals surface area contributed by atoms with Gasteiger partial charge >= 0.3 is 36.9 Å². The van der Waals surface area contributed by atoms with Gasteiger partial charge in [0, 0.05) is 75.1 Å². The van der Waals surface area contributed by atoms with Crippen LogP contribution in [0.5, 0.6) is 0 Å². The number of alkyl halides is 12. The van der Waals surface area contributed by atoms with Crippen LogP contribution in [0, 0.1) is 0 Å². The molecule has 2 aliphatic rings. The zero-order chi connectivity index (χ0) is 58.1. The third kappa shape index (κ3) is 20.8. The number of nitrogens with one attached hydrogen (secondary N) is 1. The Morgan fingerprint density at radius 2 is 0.987 bits per heavy atom. The number of carbonyl (C=O) groups excluding carboxylic acids is 2. The second-order valence-electron chi connectivity index (χ2n) is 20.1. The smallest absolute Gasteiger partial charge is 0.416 e. The Kier molecular flexibility index (Phi) is 22.3. The van der Waals surface area contributed by atoms with Crippen molar-refractivity contribution in [2.75, 3.05) is 18.0 Å². The van der Waals surface area contributed by atoms with Crippen molar-refractivity contribution in [1.82, 2.24) is 35.1 Å². The summed E-state index contributed by atoms with van der Waals surface area (Å²) in [5.41, 5.74) is -7.02. The number of ether oxygens (including phenoxy) is 2. The predicted octanol–water partition coefficient (Wildman–Crippen LogP) is 15.3. The lowest BCUT2D eigenvalue weighted by atomic mass is 9.94. The highest BCUT2D eigenvalue weighted by Gasteiger charge is 2.41. The first-order valence-corrected chi connectivity index (χ1v) is 26.0. The Bertz CT molecular complexity index is 2480. The van der Waals surface area contributed by atoms with Crippen LogP contribution >= 0.6 is 43.5 Å². The Hall–Kier alpha value is -4.69. The average Bonchev–Trinajstić information content (AvgIpc) is 3.31. The molecule has 0 radical (unpaired) electrons. The summed E-state index contributed by atoms with van der Waals surface area (Å²) >= 11 is 11.8. The van der Waals surface area contributed by atoms with Gasteiger partial charge in [-0.3, -0.25) is 0 Å². The first-order chi connectivity index (χ1) is 35.4. The van der Waals surface area contributed by atoms with Crippen LogP contribution < -0.4 is 10.2 Å². The van der Waals surface area contributed by atoms with Crippen molar-refractivity contribution in [2.24, 2.45) is 0 Å². The molecule has 4 atom stereocenters. The summed E-state index contributed by atoms with van der Waals surface area (Å²) in [5.74, 6) is 0.157. The number of hydrogen-bond donors (Lipinski definition) is 1. The standard InChI is InChI=1S/C25H29BrF6N4O2.C21H28F6N2O2.C4H2BrClN2/c1-5-19-11-20(6-7-35(19)22(37)38-23(2,3)4)36(21-33-12-18(26)13-34-21)14-15-8-16(24(27,28)29)10-17(9-15)25(30,31)32;1-5-17-11-16(6-7-29(17)18(30)31-19(2,3)4)28-12-13-8-14(20(22,23)24)10-15(9-13)21(25,26)27;5-3-1-7-4(6)8-2-3/h8-10,12-13,19-20H,5-7,11,14H2,1-4H3;8-10,16-17,28H,5-7,11-12H2,1-4H3;1-2H. The first-order valence-electron chi connectivity index (χ1n) is 24.0. The number of carbonyl (C=O) groups is 2. The van der Waals surface area contributed by atoms with Crippen LogP contribution in [-0.2, 0) is 47.3 Å². The van der Waals surface area contributed by atoms with Crippen LogP contribution in [0.4, 0.5) is 68.2 Å². The van der Waals surface area contributed by atoms with Crippen molar-refractivity contribution in [3.63, 3.8) is 0 Å². The Morgan fingerprint density at radius 3 is 1.36 bits per heavy atom. The Balaban J connectivity index is 0.000000294. The van der Waals surface area contributed by atoms with Gasteiger partial charge in [-0.1, -0.05) is 13.8 Å². The maximum absolute atomic E-state index is 13.5. The van der Waals surface area contributed by atoms with Crippen LogP contribution in [0.15, 0.2) is 70.1 Å². The van der Waals surface area contributed by atoms with Crippen LogP contribution in [0.2, 0.25) is 5.28 Å². The molecule has 428 valence electrons. The van der Waals surface area contributed by atoms with Gasteiger partial charge < -0.3 is 29.5 Å². The fraction of sp³-hybridized carbons (Fsp3) is 0.560. The Morgan fingerprint density at radius 1 is 0.610 bits per heavy atom. The van der Waals surface area contributed by atoms with Gasteiger partial charge in [0.15, 0.2) is 0 Å². The van der Waals surface area contributed by atoms with Gasteiger partial charge in [-0.2, -0.15) is 52.7 Å². The minimum absolute atomic E-state index is 0.0928. The highest BCUT2D eigenvalue weighted by molar-refractivity contribution is 9.10. The van der Waals surface area contributed by atoms with Crippen LogP contribution in [0.3, 0.4) is 0 Å². The number of hydrogen-bond acceptors (Lipinski definition) is 10. The quantitative estimate of drug-likeness (QED) is 0.128. The largest absolute Gasteiger partial charge is 0.444 e. The van der Waals surface area contributed by atoms with E-state index in [0.717, 1.165) is 16.6 Å². The lowest BCUT2D eigenvalue weighted by Crippen LogP contribution is -2.53. The zero-order valence-electron chi connectivity index (χ0n) is 43.1. The summed E-state index contributed by atoms with van der Waals surface area (Å²) in [6.45, 7) is 14.6. The van der Waals surface area contributed by atoms with Gasteiger partial charge in [0.2, 0.25) is 11.2 Å². The van der Waals surface area contributed by atoms with Crippen LogP contribution in [0.1, 0.15) is 127 Å². The van der Waals surface area contributed by atoms with Gasteiger partial charge in [-0.25, -0.2) is 29.5 Å². The fourth-order valence-electron chi connectivity index (χ4n) is 8.25. The van der Waals surface area contributed by atoms with Crippen molar-refractivity contribution >= 4 is 61.6 Å². The molecule has 2 aromatic heterocycles. The van der Waals surface area contributed by atoms with Crippen LogP contribution in [-0.4, -0.2) is 90.4 Å². The van der Waals surface area contributed by atoms with Crippen molar-refractivity contribution in [1.29, 1.82) is 0 Å². The molecule has 2 amide bonds. The molecule has 0 bridgehead atoms. The van der Waals surface area contributed by atoms with E-state index in [0.29, 0.717) is 68.2 Å². The first kappa shape index (κ1) is 64.8. The fourth-order valence-corrected chi connectivity index (χ4v) is 8.76. The van der Waals surface area contributed by atoms with Gasteiger partial charge in [-0.15, -0.1) is 0 Å². The van der Waals surface area contributed by atoms with Gasteiger partial charge in [-0.05, 0) is 171 Å². The van der Waals surface area contributed by atoms with E-state index in [1.807, 2.05) is 13.8 Å². The molecule has 1 N–H and O–H groups in total. The second kappa shape index (κ2) is 26.5. The predicted molar refractivity (Wildman–Crippen MR) is 270 cm³/mol. The van der Waals surface area contributed by atoms with E-state index >= 15 is 0 Å². The lowest BCUT2D eigenvalue weighted by Gasteiger charge is -2.43. The summed E-state index contributed by atoms with van der Waals surface area (Å²) < 4.78 is 171. The number of amides is 2. The van der Waals surface area contributed by atoms with Gasteiger partial charge in [0.05, 0.1) is 31.2 Å². The number of anilines is 1. The minimum Gasteiger partial charge on any atom is -0.444 e. The topological polar surface area (TPSA) is 126 Å². The van der Waals surface area contributed by atoms with E-state index in [1.54, 1.807) is 68.6 Å². The number of halogens is 15. The van der Waals surface area contributed by atoms with E-state index in [9.17, 15) is 62.3 Å². The summed E-state index contributed by atoms with van der Waals surface area (Å²) in [6, 6.07) is 2.23. The molecule has 77 heavy (non-hydrogen) atoms. The number of aromatic nitrogens is 4. The van der Waals surface area contributed by atoms with E-state index in [1.165, 1.54) is 12.4 Å². The van der Waals surface area contributed by atoms with Crippen molar-refractivity contribution in [2.45, 2.75) is 167 Å². The molecule has 2 aliphatic heterocycles. The van der Waals surface area contributed by atoms with Crippen molar-refractivity contribution in [3.05, 3.63) is 109 Å². The molecule has 4 aromatic rings. The second-order valence-corrected chi connectivity index (χ2v) is 22.2. The zero-order valence-corrected chi connectivity index (χ0v) is 47.0. The Labute approximate surface area is 460 Å². The van der Waals surface area contributed by atoms with Gasteiger partial charge in [0.1, 0.15) is 11.2 Å². The molecular formula is C50H59Br2ClF12N8O4. The van der Waals surface area contributed by atoms with Crippen molar-refractivity contribution < 1.29 is 71.7 Å². The monoisotopic (exact) mass is 1260 g/mol. The van der Waals surface area contributed by atoms with E-state index in [2.05, 4.69) is 57.1 Å². The number of rotatable bonds is 9. The summed E-state index contributed by atoms with van der Waals surface area (Å²) in [4.78, 5) is 45.9. The molecule has 12 nitrogen and oxygen atoms in total. The average molecular weight is 1260 g/mol. The maximum atomic E-state index is 13.5. The van der Waals surface area contributed by atoms with E-state index < -0.39 is 70.3 Å². The van der Waals surface area contributed by atoms with Crippen LogP contribution in [0.25, 0.3) is 0 Å². The minimum atomic E-state index is -4.96. The molecule has 0 aliphatic carbocycles. The molecule has 0 spiro atoms. The molecule has 4 heterocycles. The summed E-state index contributed by atoms with van der Waals surface area (Å²) in [6.07, 6.45) is -11.4. The molecular weight excluding hydrogens is 1200 g/mol. The molecule has 27 heteroatoms. The molecule has 4 unspecified atom stereocenters. The van der Waals surface area contributed by atoms with E-state index in [4.69, 9.17) is 21.1 Å². The third-order valence-electron chi connectivity index (χ3n) is 11.7. The maximum Gasteiger partial charge on any atom is 0.416 e. The highest BCUT2D eigenvalue weighted by atomic mass is 79.9. The third-order valence-corrected chi connectivity index (χ3v) is 12.8. The molecule has 2 fully saturated rings. The van der Waals surface area contributed by atoms with E-state index in [-0.39, 0.29) is 71.7 Å². The number of benzene rings is 2. The molecule has 2 aromatic carbocycles. The highest BCUT2D eigenvalue weighted by Crippen LogP contribution is 2.39.